The standard InChI is InChI=1S/C13H19F2NO3S/c1-3-10(16)6-9-7-11(14)13(12(15)8-9)19-4-5-20(2,17)18/h7-8,10H,3-6,16H2,1-2H3. The van der Waals surface area contributed by atoms with Crippen LogP contribution in [0.4, 0.5) is 8.78 Å². The van der Waals surface area contributed by atoms with Gasteiger partial charge in [-0.3, -0.25) is 0 Å². The highest BCUT2D eigenvalue weighted by molar-refractivity contribution is 7.90. The number of rotatable bonds is 7. The third-order valence-corrected chi connectivity index (χ3v) is 3.69. The van der Waals surface area contributed by atoms with Crippen molar-refractivity contribution in [2.45, 2.75) is 25.8 Å². The van der Waals surface area contributed by atoms with Crippen LogP contribution in [-0.4, -0.2) is 33.1 Å². The molecule has 0 bridgehead atoms. The van der Waals surface area contributed by atoms with Crippen LogP contribution >= 0.6 is 0 Å². The summed E-state index contributed by atoms with van der Waals surface area (Å²) in [6.45, 7) is 1.60. The molecule has 1 aromatic carbocycles. The molecule has 0 saturated heterocycles. The van der Waals surface area contributed by atoms with E-state index in [0.29, 0.717) is 18.4 Å². The molecule has 1 unspecified atom stereocenters. The van der Waals surface area contributed by atoms with Crippen molar-refractivity contribution in [3.8, 4) is 5.75 Å². The first-order valence-corrected chi connectivity index (χ1v) is 8.33. The van der Waals surface area contributed by atoms with Crippen molar-refractivity contribution >= 4 is 9.84 Å². The average molecular weight is 307 g/mol. The first kappa shape index (κ1) is 16.8. The summed E-state index contributed by atoms with van der Waals surface area (Å²) in [7, 11) is -3.23. The zero-order chi connectivity index (χ0) is 15.3. The molecule has 0 aliphatic heterocycles. The molecule has 4 nitrogen and oxygen atoms in total. The van der Waals surface area contributed by atoms with Crippen LogP contribution in [0.25, 0.3) is 0 Å². The van der Waals surface area contributed by atoms with E-state index in [2.05, 4.69) is 0 Å². The molecule has 1 aromatic rings. The summed E-state index contributed by atoms with van der Waals surface area (Å²) in [6, 6.07) is 2.16. The predicted molar refractivity (Wildman–Crippen MR) is 73.5 cm³/mol. The Labute approximate surface area is 117 Å². The minimum Gasteiger partial charge on any atom is -0.487 e. The summed E-state index contributed by atoms with van der Waals surface area (Å²) in [5, 5.41) is 0. The van der Waals surface area contributed by atoms with Crippen LogP contribution in [-0.2, 0) is 16.3 Å². The van der Waals surface area contributed by atoms with Gasteiger partial charge in [-0.2, -0.15) is 0 Å². The molecule has 0 heterocycles. The SMILES string of the molecule is CCC(N)Cc1cc(F)c(OCCS(C)(=O)=O)c(F)c1. The number of hydrogen-bond donors (Lipinski definition) is 1. The van der Waals surface area contributed by atoms with Gasteiger partial charge in [0.05, 0.1) is 5.75 Å². The Morgan fingerprint density at radius 3 is 2.30 bits per heavy atom. The largest absolute Gasteiger partial charge is 0.487 e. The smallest absolute Gasteiger partial charge is 0.190 e. The Morgan fingerprint density at radius 2 is 1.85 bits per heavy atom. The molecule has 2 N–H and O–H groups in total. The fourth-order valence-electron chi connectivity index (χ4n) is 1.61. The molecule has 1 atom stereocenters. The van der Waals surface area contributed by atoms with E-state index in [4.69, 9.17) is 10.5 Å². The van der Waals surface area contributed by atoms with Crippen molar-refractivity contribution in [3.05, 3.63) is 29.3 Å². The number of hydrogen-bond acceptors (Lipinski definition) is 4. The van der Waals surface area contributed by atoms with Gasteiger partial charge < -0.3 is 10.5 Å². The fourth-order valence-corrected chi connectivity index (χ4v) is 2.00. The zero-order valence-corrected chi connectivity index (χ0v) is 12.3. The molecule has 0 aliphatic carbocycles. The Balaban J connectivity index is 2.79. The second kappa shape index (κ2) is 6.99. The highest BCUT2D eigenvalue weighted by Gasteiger charge is 2.14. The van der Waals surface area contributed by atoms with Gasteiger partial charge in [0.25, 0.3) is 0 Å². The lowest BCUT2D eigenvalue weighted by Crippen LogP contribution is -2.21. The molecular weight excluding hydrogens is 288 g/mol. The van der Waals surface area contributed by atoms with E-state index in [1.165, 1.54) is 0 Å². The zero-order valence-electron chi connectivity index (χ0n) is 11.5. The molecule has 0 aliphatic rings. The van der Waals surface area contributed by atoms with Crippen LogP contribution in [0.2, 0.25) is 0 Å². The quantitative estimate of drug-likeness (QED) is 0.832. The minimum atomic E-state index is -3.23. The highest BCUT2D eigenvalue weighted by Crippen LogP contribution is 2.24. The van der Waals surface area contributed by atoms with Crippen molar-refractivity contribution in [1.29, 1.82) is 0 Å². The van der Waals surface area contributed by atoms with Gasteiger partial charge in [0.2, 0.25) is 0 Å². The average Bonchev–Trinajstić information content (AvgIpc) is 2.31. The molecule has 7 heteroatoms. The lowest BCUT2D eigenvalue weighted by atomic mass is 10.0. The van der Waals surface area contributed by atoms with Gasteiger partial charge in [-0.25, -0.2) is 17.2 Å². The molecule has 0 spiro atoms. The minimum absolute atomic E-state index is 0.161. The summed E-state index contributed by atoms with van der Waals surface area (Å²) in [4.78, 5) is 0. The number of nitrogens with two attached hydrogens (primary N) is 1. The van der Waals surface area contributed by atoms with Crippen LogP contribution in [0.15, 0.2) is 12.1 Å². The Bertz CT molecular complexity index is 538. The Kier molecular flexibility index (Phi) is 5.88. The number of sulfone groups is 1. The van der Waals surface area contributed by atoms with Gasteiger partial charge in [-0.1, -0.05) is 6.92 Å². The Hall–Kier alpha value is -1.21. The summed E-state index contributed by atoms with van der Waals surface area (Å²) >= 11 is 0. The Morgan fingerprint density at radius 1 is 1.30 bits per heavy atom. The van der Waals surface area contributed by atoms with E-state index in [-0.39, 0.29) is 18.4 Å². The van der Waals surface area contributed by atoms with E-state index in [1.54, 1.807) is 0 Å². The molecule has 0 fully saturated rings. The summed E-state index contributed by atoms with van der Waals surface area (Å²) in [6.07, 6.45) is 2.10. The molecule has 0 amide bonds. The summed E-state index contributed by atoms with van der Waals surface area (Å²) in [5.74, 6) is -2.55. The third kappa shape index (κ3) is 5.42. The molecule has 114 valence electrons. The molecule has 0 radical (unpaired) electrons. The van der Waals surface area contributed by atoms with Gasteiger partial charge in [-0.05, 0) is 30.5 Å². The van der Waals surface area contributed by atoms with Gasteiger partial charge in [0.15, 0.2) is 27.2 Å². The van der Waals surface area contributed by atoms with Crippen LogP contribution in [0.3, 0.4) is 0 Å². The molecule has 0 saturated carbocycles. The van der Waals surface area contributed by atoms with Gasteiger partial charge in [0, 0.05) is 12.3 Å². The molecular formula is C13H19F2NO3S. The monoisotopic (exact) mass is 307 g/mol. The van der Waals surface area contributed by atoms with Crippen LogP contribution in [0.1, 0.15) is 18.9 Å². The fraction of sp³-hybridized carbons (Fsp3) is 0.538. The van der Waals surface area contributed by atoms with Crippen molar-refractivity contribution < 1.29 is 21.9 Å². The van der Waals surface area contributed by atoms with Gasteiger partial charge in [-0.15, -0.1) is 0 Å². The normalized spacial score (nSPS) is 13.2. The van der Waals surface area contributed by atoms with E-state index in [0.717, 1.165) is 18.4 Å². The number of halogens is 2. The van der Waals surface area contributed by atoms with E-state index in [1.807, 2.05) is 6.92 Å². The van der Waals surface area contributed by atoms with E-state index >= 15 is 0 Å². The van der Waals surface area contributed by atoms with Gasteiger partial charge >= 0.3 is 0 Å². The molecule has 1 rings (SSSR count). The predicted octanol–water partition coefficient (Wildman–Crippen LogP) is 1.67. The van der Waals surface area contributed by atoms with E-state index in [9.17, 15) is 17.2 Å². The number of ether oxygens (including phenoxy) is 1. The maximum Gasteiger partial charge on any atom is 0.190 e. The van der Waals surface area contributed by atoms with E-state index < -0.39 is 27.2 Å². The second-order valence-electron chi connectivity index (χ2n) is 4.74. The van der Waals surface area contributed by atoms with Crippen molar-refractivity contribution in [2.75, 3.05) is 18.6 Å². The maximum absolute atomic E-state index is 13.7. The topological polar surface area (TPSA) is 69.4 Å². The third-order valence-electron chi connectivity index (χ3n) is 2.78. The van der Waals surface area contributed by atoms with Crippen LogP contribution in [0.5, 0.6) is 5.75 Å². The molecule has 0 aromatic heterocycles. The molecule has 20 heavy (non-hydrogen) atoms. The first-order valence-electron chi connectivity index (χ1n) is 6.27. The van der Waals surface area contributed by atoms with Crippen LogP contribution in [0, 0.1) is 11.6 Å². The van der Waals surface area contributed by atoms with Crippen molar-refractivity contribution in [2.24, 2.45) is 5.73 Å². The maximum atomic E-state index is 13.7. The van der Waals surface area contributed by atoms with Crippen LogP contribution < -0.4 is 10.5 Å². The summed E-state index contributed by atoms with van der Waals surface area (Å²) in [5.41, 5.74) is 6.18. The lowest BCUT2D eigenvalue weighted by molar-refractivity contribution is 0.303. The highest BCUT2D eigenvalue weighted by atomic mass is 32.2. The summed E-state index contributed by atoms with van der Waals surface area (Å²) < 4.78 is 54.2. The van der Waals surface area contributed by atoms with Crippen molar-refractivity contribution in [3.63, 3.8) is 0 Å². The van der Waals surface area contributed by atoms with Gasteiger partial charge in [0.1, 0.15) is 6.61 Å². The number of benzene rings is 1. The first-order chi connectivity index (χ1) is 9.23. The lowest BCUT2D eigenvalue weighted by Gasteiger charge is -2.12. The second-order valence-corrected chi connectivity index (χ2v) is 7.00. The van der Waals surface area contributed by atoms with Crippen molar-refractivity contribution in [1.82, 2.24) is 0 Å².